The summed E-state index contributed by atoms with van der Waals surface area (Å²) in [5.74, 6) is -0.228. The van der Waals surface area contributed by atoms with Gasteiger partial charge in [-0.2, -0.15) is 0 Å². The molecule has 2 N–H and O–H groups in total. The van der Waals surface area contributed by atoms with Crippen molar-refractivity contribution in [3.63, 3.8) is 0 Å². The number of esters is 1. The normalized spacial score (nSPS) is 25.8. The Morgan fingerprint density at radius 1 is 1.44 bits per heavy atom. The number of carbonyl (C=O) groups excluding carboxylic acids is 1. The molecule has 5 nitrogen and oxygen atoms in total. The molecule has 1 aliphatic heterocycles. The first-order valence-electron chi connectivity index (χ1n) is 5.61. The zero-order chi connectivity index (χ0) is 12.2. The van der Waals surface area contributed by atoms with Crippen molar-refractivity contribution in [3.05, 3.63) is 0 Å². The summed E-state index contributed by atoms with van der Waals surface area (Å²) in [5, 5.41) is 6.35. The lowest BCUT2D eigenvalue weighted by Gasteiger charge is -2.22. The van der Waals surface area contributed by atoms with Gasteiger partial charge in [-0.05, 0) is 20.8 Å². The Balaban J connectivity index is 2.26. The highest BCUT2D eigenvalue weighted by Crippen LogP contribution is 2.07. The van der Waals surface area contributed by atoms with Gasteiger partial charge in [-0.25, -0.2) is 0 Å². The maximum Gasteiger partial charge on any atom is 0.320 e. The van der Waals surface area contributed by atoms with Crippen LogP contribution in [0.3, 0.4) is 0 Å². The van der Waals surface area contributed by atoms with E-state index in [2.05, 4.69) is 10.6 Å². The molecule has 1 saturated heterocycles. The first-order valence-corrected chi connectivity index (χ1v) is 5.61. The lowest BCUT2D eigenvalue weighted by molar-refractivity contribution is -0.153. The van der Waals surface area contributed by atoms with E-state index in [0.717, 1.165) is 13.1 Å². The maximum absolute atomic E-state index is 11.5. The monoisotopic (exact) mass is 230 g/mol. The van der Waals surface area contributed by atoms with Crippen LogP contribution in [0, 0.1) is 0 Å². The molecule has 2 atom stereocenters. The minimum atomic E-state index is -0.423. The molecule has 0 spiro atoms. The SMILES string of the molecule is COC1CNCC1NCC(=O)OC(C)(C)C. The molecule has 0 saturated carbocycles. The first kappa shape index (κ1) is 13.4. The molecule has 0 aromatic heterocycles. The van der Waals surface area contributed by atoms with Crippen LogP contribution in [0.1, 0.15) is 20.8 Å². The van der Waals surface area contributed by atoms with Gasteiger partial charge in [0.2, 0.25) is 0 Å². The van der Waals surface area contributed by atoms with Crippen LogP contribution in [0.25, 0.3) is 0 Å². The van der Waals surface area contributed by atoms with E-state index in [9.17, 15) is 4.79 Å². The minimum absolute atomic E-state index is 0.127. The predicted octanol–water partition coefficient (Wildman–Crippen LogP) is -0.0955. The molecule has 2 unspecified atom stereocenters. The highest BCUT2D eigenvalue weighted by molar-refractivity contribution is 5.72. The number of rotatable bonds is 4. The van der Waals surface area contributed by atoms with Crippen molar-refractivity contribution in [2.75, 3.05) is 26.7 Å². The van der Waals surface area contributed by atoms with E-state index in [1.165, 1.54) is 0 Å². The number of nitrogens with one attached hydrogen (secondary N) is 2. The standard InChI is InChI=1S/C11H22N2O3/c1-11(2,3)16-10(14)7-13-8-5-12-6-9(8)15-4/h8-9,12-13H,5-7H2,1-4H3. The lowest BCUT2D eigenvalue weighted by atomic mass is 10.2. The summed E-state index contributed by atoms with van der Waals surface area (Å²) in [6.07, 6.45) is 0.127. The molecule has 1 aliphatic rings. The molecule has 0 aromatic rings. The van der Waals surface area contributed by atoms with Crippen LogP contribution < -0.4 is 10.6 Å². The smallest absolute Gasteiger partial charge is 0.320 e. The third kappa shape index (κ3) is 4.47. The van der Waals surface area contributed by atoms with E-state index in [-0.39, 0.29) is 24.7 Å². The van der Waals surface area contributed by atoms with E-state index in [4.69, 9.17) is 9.47 Å². The molecule has 0 radical (unpaired) electrons. The fourth-order valence-corrected chi connectivity index (χ4v) is 1.70. The summed E-state index contributed by atoms with van der Waals surface area (Å²) in [4.78, 5) is 11.5. The number of ether oxygens (including phenoxy) is 2. The van der Waals surface area contributed by atoms with E-state index in [0.29, 0.717) is 0 Å². The summed E-state index contributed by atoms with van der Waals surface area (Å²) < 4.78 is 10.5. The Morgan fingerprint density at radius 3 is 2.69 bits per heavy atom. The average molecular weight is 230 g/mol. The summed E-state index contributed by atoms with van der Waals surface area (Å²) >= 11 is 0. The topological polar surface area (TPSA) is 59.6 Å². The number of hydrogen-bond acceptors (Lipinski definition) is 5. The van der Waals surface area contributed by atoms with Crippen molar-refractivity contribution in [1.82, 2.24) is 10.6 Å². The summed E-state index contributed by atoms with van der Waals surface area (Å²) in [6.45, 7) is 7.45. The van der Waals surface area contributed by atoms with Crippen LogP contribution in [0.15, 0.2) is 0 Å². The third-order valence-electron chi connectivity index (χ3n) is 2.39. The van der Waals surface area contributed by atoms with Crippen LogP contribution in [-0.2, 0) is 14.3 Å². The molecular formula is C11H22N2O3. The fraction of sp³-hybridized carbons (Fsp3) is 0.909. The van der Waals surface area contributed by atoms with Crippen molar-refractivity contribution in [1.29, 1.82) is 0 Å². The third-order valence-corrected chi connectivity index (χ3v) is 2.39. The van der Waals surface area contributed by atoms with Crippen molar-refractivity contribution >= 4 is 5.97 Å². The number of methoxy groups -OCH3 is 1. The Bertz CT molecular complexity index is 238. The van der Waals surface area contributed by atoms with Crippen LogP contribution in [-0.4, -0.2) is 50.5 Å². The number of carbonyl (C=O) groups is 1. The highest BCUT2D eigenvalue weighted by Gasteiger charge is 2.27. The van der Waals surface area contributed by atoms with Gasteiger partial charge in [0.05, 0.1) is 12.6 Å². The van der Waals surface area contributed by atoms with Crippen LogP contribution in [0.4, 0.5) is 0 Å². The predicted molar refractivity (Wildman–Crippen MR) is 61.3 cm³/mol. The zero-order valence-electron chi connectivity index (χ0n) is 10.5. The second-order valence-corrected chi connectivity index (χ2v) is 5.01. The molecule has 5 heteroatoms. The van der Waals surface area contributed by atoms with Crippen LogP contribution in [0.5, 0.6) is 0 Å². The molecule has 1 fully saturated rings. The van der Waals surface area contributed by atoms with Gasteiger partial charge in [0.1, 0.15) is 5.60 Å². The molecule has 16 heavy (non-hydrogen) atoms. The van der Waals surface area contributed by atoms with Crippen molar-refractivity contribution < 1.29 is 14.3 Å². The van der Waals surface area contributed by atoms with E-state index in [1.807, 2.05) is 20.8 Å². The highest BCUT2D eigenvalue weighted by atomic mass is 16.6. The Hall–Kier alpha value is -0.650. The summed E-state index contributed by atoms with van der Waals surface area (Å²) in [7, 11) is 1.68. The molecule has 1 rings (SSSR count). The van der Waals surface area contributed by atoms with Gasteiger partial charge < -0.3 is 20.1 Å². The molecule has 1 heterocycles. The van der Waals surface area contributed by atoms with Crippen molar-refractivity contribution in [3.8, 4) is 0 Å². The molecule has 0 bridgehead atoms. The zero-order valence-corrected chi connectivity index (χ0v) is 10.5. The summed E-state index contributed by atoms with van der Waals surface area (Å²) in [6, 6.07) is 0.178. The van der Waals surface area contributed by atoms with Gasteiger partial charge in [0, 0.05) is 26.2 Å². The Morgan fingerprint density at radius 2 is 2.12 bits per heavy atom. The van der Waals surface area contributed by atoms with Gasteiger partial charge in [0.25, 0.3) is 0 Å². The van der Waals surface area contributed by atoms with Gasteiger partial charge in [-0.1, -0.05) is 0 Å². The Labute approximate surface area is 96.9 Å². The molecule has 0 aromatic carbocycles. The maximum atomic E-state index is 11.5. The first-order chi connectivity index (χ1) is 7.42. The average Bonchev–Trinajstić information content (AvgIpc) is 2.59. The lowest BCUT2D eigenvalue weighted by Crippen LogP contribution is -2.43. The molecule has 0 aliphatic carbocycles. The number of hydrogen-bond donors (Lipinski definition) is 2. The van der Waals surface area contributed by atoms with Gasteiger partial charge in [-0.3, -0.25) is 4.79 Å². The molecule has 0 amide bonds. The minimum Gasteiger partial charge on any atom is -0.459 e. The van der Waals surface area contributed by atoms with Crippen LogP contribution in [0.2, 0.25) is 0 Å². The van der Waals surface area contributed by atoms with E-state index in [1.54, 1.807) is 7.11 Å². The van der Waals surface area contributed by atoms with Gasteiger partial charge >= 0.3 is 5.97 Å². The summed E-state index contributed by atoms with van der Waals surface area (Å²) in [5.41, 5.74) is -0.423. The van der Waals surface area contributed by atoms with Crippen molar-refractivity contribution in [2.45, 2.75) is 38.5 Å². The molecule has 94 valence electrons. The Kier molecular flexibility index (Phi) is 4.70. The van der Waals surface area contributed by atoms with Crippen LogP contribution >= 0.6 is 0 Å². The van der Waals surface area contributed by atoms with E-state index >= 15 is 0 Å². The largest absolute Gasteiger partial charge is 0.459 e. The van der Waals surface area contributed by atoms with E-state index < -0.39 is 5.60 Å². The quantitative estimate of drug-likeness (QED) is 0.661. The fourth-order valence-electron chi connectivity index (χ4n) is 1.70. The van der Waals surface area contributed by atoms with Gasteiger partial charge in [0.15, 0.2) is 0 Å². The van der Waals surface area contributed by atoms with Crippen molar-refractivity contribution in [2.24, 2.45) is 0 Å². The van der Waals surface area contributed by atoms with Gasteiger partial charge in [-0.15, -0.1) is 0 Å². The second kappa shape index (κ2) is 5.61. The second-order valence-electron chi connectivity index (χ2n) is 5.01. The molecular weight excluding hydrogens is 208 g/mol.